The van der Waals surface area contributed by atoms with Gasteiger partial charge in [0.15, 0.2) is 0 Å². The molecular formula is C12H19N3. The van der Waals surface area contributed by atoms with Crippen LogP contribution < -0.4 is 0 Å². The summed E-state index contributed by atoms with van der Waals surface area (Å²) in [4.78, 5) is 11.2. The van der Waals surface area contributed by atoms with E-state index >= 15 is 0 Å². The summed E-state index contributed by atoms with van der Waals surface area (Å²) in [6.45, 7) is 7.86. The van der Waals surface area contributed by atoms with Gasteiger partial charge in [-0.3, -0.25) is 9.97 Å². The molecule has 0 amide bonds. The standard InChI is InChI=1S/C12H19N3/c1-3-15-5-4-11(9-15)6-12-8-13-10(2)7-14-12/h7-8,11H,3-6,9H2,1-2H3. The molecular weight excluding hydrogens is 186 g/mol. The highest BCUT2D eigenvalue weighted by molar-refractivity contribution is 5.02. The number of hydrogen-bond donors (Lipinski definition) is 0. The van der Waals surface area contributed by atoms with Crippen molar-refractivity contribution in [2.24, 2.45) is 5.92 Å². The van der Waals surface area contributed by atoms with Gasteiger partial charge >= 0.3 is 0 Å². The minimum Gasteiger partial charge on any atom is -0.303 e. The quantitative estimate of drug-likeness (QED) is 0.751. The number of nitrogens with zero attached hydrogens (tertiary/aromatic N) is 3. The SMILES string of the molecule is CCN1CCC(Cc2cnc(C)cn2)C1. The first-order valence-electron chi connectivity index (χ1n) is 5.78. The van der Waals surface area contributed by atoms with Crippen LogP contribution in [0.3, 0.4) is 0 Å². The Labute approximate surface area is 91.5 Å². The zero-order valence-corrected chi connectivity index (χ0v) is 9.61. The van der Waals surface area contributed by atoms with Gasteiger partial charge < -0.3 is 4.90 Å². The predicted molar refractivity (Wildman–Crippen MR) is 60.7 cm³/mol. The van der Waals surface area contributed by atoms with Crippen molar-refractivity contribution in [3.63, 3.8) is 0 Å². The van der Waals surface area contributed by atoms with Crippen molar-refractivity contribution in [1.29, 1.82) is 0 Å². The van der Waals surface area contributed by atoms with Crippen molar-refractivity contribution in [1.82, 2.24) is 14.9 Å². The van der Waals surface area contributed by atoms with E-state index in [-0.39, 0.29) is 0 Å². The van der Waals surface area contributed by atoms with Crippen LogP contribution in [0.25, 0.3) is 0 Å². The van der Waals surface area contributed by atoms with Gasteiger partial charge in [0.25, 0.3) is 0 Å². The van der Waals surface area contributed by atoms with E-state index in [2.05, 4.69) is 21.8 Å². The second-order valence-electron chi connectivity index (χ2n) is 4.40. The Hall–Kier alpha value is -0.960. The molecule has 15 heavy (non-hydrogen) atoms. The maximum atomic E-state index is 4.41. The Morgan fingerprint density at radius 3 is 2.87 bits per heavy atom. The number of rotatable bonds is 3. The molecule has 1 unspecified atom stereocenters. The van der Waals surface area contributed by atoms with Crippen LogP contribution in [0.5, 0.6) is 0 Å². The van der Waals surface area contributed by atoms with Gasteiger partial charge in [-0.05, 0) is 38.8 Å². The van der Waals surface area contributed by atoms with Crippen molar-refractivity contribution in [3.8, 4) is 0 Å². The number of aryl methyl sites for hydroxylation is 1. The molecule has 1 aliphatic heterocycles. The minimum absolute atomic E-state index is 0.780. The monoisotopic (exact) mass is 205 g/mol. The second kappa shape index (κ2) is 4.71. The van der Waals surface area contributed by atoms with E-state index in [1.54, 1.807) is 0 Å². The van der Waals surface area contributed by atoms with Crippen molar-refractivity contribution in [2.45, 2.75) is 26.7 Å². The van der Waals surface area contributed by atoms with Gasteiger partial charge in [-0.1, -0.05) is 6.92 Å². The first kappa shape index (κ1) is 10.6. The van der Waals surface area contributed by atoms with Crippen molar-refractivity contribution < 1.29 is 0 Å². The highest BCUT2D eigenvalue weighted by Crippen LogP contribution is 2.19. The molecule has 1 fully saturated rings. The third-order valence-corrected chi connectivity index (χ3v) is 3.15. The summed E-state index contributed by atoms with van der Waals surface area (Å²) in [6, 6.07) is 0. The van der Waals surface area contributed by atoms with Crippen molar-refractivity contribution in [3.05, 3.63) is 23.8 Å². The van der Waals surface area contributed by atoms with Crippen molar-refractivity contribution >= 4 is 0 Å². The number of hydrogen-bond acceptors (Lipinski definition) is 3. The molecule has 1 aromatic heterocycles. The number of aromatic nitrogens is 2. The summed E-state index contributed by atoms with van der Waals surface area (Å²) in [5, 5.41) is 0. The molecule has 0 aromatic carbocycles. The highest BCUT2D eigenvalue weighted by Gasteiger charge is 2.21. The maximum absolute atomic E-state index is 4.41. The maximum Gasteiger partial charge on any atom is 0.0590 e. The summed E-state index contributed by atoms with van der Waals surface area (Å²) in [6.07, 6.45) is 6.18. The van der Waals surface area contributed by atoms with Gasteiger partial charge in [0.05, 0.1) is 11.4 Å². The zero-order chi connectivity index (χ0) is 10.7. The summed E-state index contributed by atoms with van der Waals surface area (Å²) in [5.41, 5.74) is 2.14. The molecule has 1 aromatic rings. The molecule has 0 spiro atoms. The molecule has 3 nitrogen and oxygen atoms in total. The number of likely N-dealkylation sites (tertiary alicyclic amines) is 1. The smallest absolute Gasteiger partial charge is 0.0590 e. The first-order chi connectivity index (χ1) is 7.28. The Morgan fingerprint density at radius 1 is 1.40 bits per heavy atom. The van der Waals surface area contributed by atoms with E-state index in [0.717, 1.165) is 23.7 Å². The van der Waals surface area contributed by atoms with Crippen LogP contribution in [0.15, 0.2) is 12.4 Å². The normalized spacial score (nSPS) is 22.1. The van der Waals surface area contributed by atoms with Gasteiger partial charge in [0.2, 0.25) is 0 Å². The van der Waals surface area contributed by atoms with Crippen LogP contribution in [-0.2, 0) is 6.42 Å². The van der Waals surface area contributed by atoms with Crippen molar-refractivity contribution in [2.75, 3.05) is 19.6 Å². The van der Waals surface area contributed by atoms with Crippen LogP contribution in [0.4, 0.5) is 0 Å². The highest BCUT2D eigenvalue weighted by atomic mass is 15.1. The lowest BCUT2D eigenvalue weighted by atomic mass is 10.0. The van der Waals surface area contributed by atoms with Gasteiger partial charge in [-0.25, -0.2) is 0 Å². The predicted octanol–water partition coefficient (Wildman–Crippen LogP) is 1.67. The average molecular weight is 205 g/mol. The Kier molecular flexibility index (Phi) is 3.31. The van der Waals surface area contributed by atoms with E-state index in [0.29, 0.717) is 0 Å². The van der Waals surface area contributed by atoms with Crippen LogP contribution in [0.1, 0.15) is 24.7 Å². The van der Waals surface area contributed by atoms with E-state index in [4.69, 9.17) is 0 Å². The second-order valence-corrected chi connectivity index (χ2v) is 4.40. The molecule has 2 rings (SSSR count). The van der Waals surface area contributed by atoms with E-state index in [9.17, 15) is 0 Å². The average Bonchev–Trinajstić information content (AvgIpc) is 2.69. The van der Waals surface area contributed by atoms with Gasteiger partial charge in [0.1, 0.15) is 0 Å². The molecule has 1 atom stereocenters. The van der Waals surface area contributed by atoms with Crippen LogP contribution in [-0.4, -0.2) is 34.5 Å². The Balaban J connectivity index is 1.90. The summed E-state index contributed by atoms with van der Waals surface area (Å²) >= 11 is 0. The molecule has 1 saturated heterocycles. The molecule has 0 N–H and O–H groups in total. The summed E-state index contributed by atoms with van der Waals surface area (Å²) in [7, 11) is 0. The zero-order valence-electron chi connectivity index (χ0n) is 9.61. The summed E-state index contributed by atoms with van der Waals surface area (Å²) < 4.78 is 0. The fraction of sp³-hybridized carbons (Fsp3) is 0.667. The van der Waals surface area contributed by atoms with E-state index < -0.39 is 0 Å². The molecule has 2 heterocycles. The van der Waals surface area contributed by atoms with Crippen LogP contribution in [0, 0.1) is 12.8 Å². The molecule has 0 radical (unpaired) electrons. The largest absolute Gasteiger partial charge is 0.303 e. The van der Waals surface area contributed by atoms with E-state index in [1.165, 1.54) is 26.1 Å². The fourth-order valence-corrected chi connectivity index (χ4v) is 2.19. The van der Waals surface area contributed by atoms with Gasteiger partial charge in [-0.2, -0.15) is 0 Å². The summed E-state index contributed by atoms with van der Waals surface area (Å²) in [5.74, 6) is 0.780. The molecule has 82 valence electrons. The Morgan fingerprint density at radius 2 is 2.27 bits per heavy atom. The van der Waals surface area contributed by atoms with Gasteiger partial charge in [-0.15, -0.1) is 0 Å². The fourth-order valence-electron chi connectivity index (χ4n) is 2.19. The molecule has 0 saturated carbocycles. The lowest BCUT2D eigenvalue weighted by Gasteiger charge is -2.12. The van der Waals surface area contributed by atoms with Gasteiger partial charge in [0, 0.05) is 18.9 Å². The third kappa shape index (κ3) is 2.75. The molecule has 3 heteroatoms. The van der Waals surface area contributed by atoms with E-state index in [1.807, 2.05) is 19.3 Å². The topological polar surface area (TPSA) is 29.0 Å². The molecule has 1 aliphatic rings. The molecule has 0 bridgehead atoms. The Bertz CT molecular complexity index is 307. The van der Waals surface area contributed by atoms with Crippen LogP contribution in [0.2, 0.25) is 0 Å². The lowest BCUT2D eigenvalue weighted by molar-refractivity contribution is 0.341. The minimum atomic E-state index is 0.780. The molecule has 0 aliphatic carbocycles. The third-order valence-electron chi connectivity index (χ3n) is 3.15. The first-order valence-corrected chi connectivity index (χ1v) is 5.78. The lowest BCUT2D eigenvalue weighted by Crippen LogP contribution is -2.20. The van der Waals surface area contributed by atoms with Crippen LogP contribution >= 0.6 is 0 Å².